The Labute approximate surface area is 77.2 Å². The lowest BCUT2D eigenvalue weighted by Gasteiger charge is -2.05. The Kier molecular flexibility index (Phi) is 5.59. The van der Waals surface area contributed by atoms with Crippen molar-refractivity contribution in [2.75, 3.05) is 6.61 Å². The maximum atomic E-state index is 10.7. The van der Waals surface area contributed by atoms with Gasteiger partial charge in [-0.2, -0.15) is 0 Å². The van der Waals surface area contributed by atoms with E-state index >= 15 is 0 Å². The number of aliphatic carboxylic acids is 1. The third kappa shape index (κ3) is 5.90. The van der Waals surface area contributed by atoms with Gasteiger partial charge < -0.3 is 9.84 Å². The van der Waals surface area contributed by atoms with E-state index in [1.807, 2.05) is 0 Å². The van der Waals surface area contributed by atoms with Crippen LogP contribution in [0.5, 0.6) is 0 Å². The molecule has 0 aromatic rings. The van der Waals surface area contributed by atoms with Crippen molar-refractivity contribution >= 4 is 11.9 Å². The van der Waals surface area contributed by atoms with Gasteiger partial charge in [-0.15, -0.1) is 0 Å². The lowest BCUT2D eigenvalue weighted by atomic mass is 10.1. The molecule has 0 spiro atoms. The van der Waals surface area contributed by atoms with E-state index in [4.69, 9.17) is 9.84 Å². The van der Waals surface area contributed by atoms with Crippen LogP contribution in [0.2, 0.25) is 0 Å². The second kappa shape index (κ2) is 6.22. The van der Waals surface area contributed by atoms with Gasteiger partial charge in [0.05, 0.1) is 12.5 Å². The average molecular weight is 186 g/mol. The zero-order valence-corrected chi connectivity index (χ0v) is 7.82. The number of hydrogen-bond donors (Lipinski definition) is 1. The van der Waals surface area contributed by atoms with Crippen LogP contribution in [0.1, 0.15) is 20.3 Å². The van der Waals surface area contributed by atoms with Crippen molar-refractivity contribution in [2.24, 2.45) is 5.92 Å². The fourth-order valence-corrected chi connectivity index (χ4v) is 0.644. The van der Waals surface area contributed by atoms with Gasteiger partial charge in [0.1, 0.15) is 0 Å². The minimum atomic E-state index is -0.873. The van der Waals surface area contributed by atoms with Gasteiger partial charge >= 0.3 is 11.9 Å². The van der Waals surface area contributed by atoms with Gasteiger partial charge in [-0.1, -0.05) is 13.0 Å². The summed E-state index contributed by atoms with van der Waals surface area (Å²) in [5.74, 6) is -1.78. The van der Waals surface area contributed by atoms with E-state index in [0.29, 0.717) is 6.42 Å². The van der Waals surface area contributed by atoms with Gasteiger partial charge in [0, 0.05) is 6.08 Å². The fourth-order valence-electron chi connectivity index (χ4n) is 0.644. The molecule has 0 amide bonds. The van der Waals surface area contributed by atoms with E-state index in [1.54, 1.807) is 19.9 Å². The van der Waals surface area contributed by atoms with Gasteiger partial charge in [0.25, 0.3) is 0 Å². The van der Waals surface area contributed by atoms with Crippen molar-refractivity contribution in [3.8, 4) is 0 Å². The Morgan fingerprint density at radius 3 is 2.62 bits per heavy atom. The molecule has 0 rings (SSSR count). The Balaban J connectivity index is 3.56. The Hall–Kier alpha value is -1.32. The highest BCUT2D eigenvalue weighted by Crippen LogP contribution is 2.01. The maximum Gasteiger partial charge on any atom is 0.330 e. The molecule has 0 aliphatic rings. The van der Waals surface area contributed by atoms with Crippen LogP contribution in [0.25, 0.3) is 0 Å². The molecule has 0 heterocycles. The zero-order chi connectivity index (χ0) is 10.3. The summed E-state index contributed by atoms with van der Waals surface area (Å²) in [5.41, 5.74) is 0. The SMILES string of the molecule is CC=CC(=O)OCCC(C)C(=O)O. The monoisotopic (exact) mass is 186 g/mol. The molecule has 0 aliphatic carbocycles. The fraction of sp³-hybridized carbons (Fsp3) is 0.556. The second-order valence-corrected chi connectivity index (χ2v) is 2.70. The summed E-state index contributed by atoms with van der Waals surface area (Å²) < 4.78 is 4.71. The lowest BCUT2D eigenvalue weighted by Crippen LogP contribution is -2.13. The zero-order valence-electron chi connectivity index (χ0n) is 7.82. The quantitative estimate of drug-likeness (QED) is 0.518. The summed E-state index contributed by atoms with van der Waals surface area (Å²) in [6.45, 7) is 3.43. The van der Waals surface area contributed by atoms with Gasteiger partial charge in [0.15, 0.2) is 0 Å². The predicted octanol–water partition coefficient (Wildman–Crippen LogP) is 1.22. The number of ether oxygens (including phenoxy) is 1. The molecule has 0 radical (unpaired) electrons. The summed E-state index contributed by atoms with van der Waals surface area (Å²) in [5, 5.41) is 8.50. The number of carboxylic acid groups (broad SMARTS) is 1. The van der Waals surface area contributed by atoms with E-state index in [-0.39, 0.29) is 6.61 Å². The van der Waals surface area contributed by atoms with Crippen LogP contribution in [-0.4, -0.2) is 23.7 Å². The molecule has 1 N–H and O–H groups in total. The minimum absolute atomic E-state index is 0.149. The lowest BCUT2D eigenvalue weighted by molar-refractivity contribution is -0.144. The predicted molar refractivity (Wildman–Crippen MR) is 47.2 cm³/mol. The van der Waals surface area contributed by atoms with Crippen molar-refractivity contribution in [3.05, 3.63) is 12.2 Å². The molecule has 1 atom stereocenters. The van der Waals surface area contributed by atoms with Gasteiger partial charge in [0.2, 0.25) is 0 Å². The van der Waals surface area contributed by atoms with Crippen molar-refractivity contribution in [1.29, 1.82) is 0 Å². The van der Waals surface area contributed by atoms with Crippen molar-refractivity contribution in [3.63, 3.8) is 0 Å². The first-order valence-electron chi connectivity index (χ1n) is 4.10. The highest BCUT2D eigenvalue weighted by molar-refractivity contribution is 5.81. The first-order chi connectivity index (χ1) is 6.07. The molecule has 0 aliphatic heterocycles. The molecule has 0 saturated carbocycles. The Morgan fingerprint density at radius 2 is 2.15 bits per heavy atom. The molecule has 0 bridgehead atoms. The summed E-state index contributed by atoms with van der Waals surface area (Å²) in [6.07, 6.45) is 3.22. The highest BCUT2D eigenvalue weighted by atomic mass is 16.5. The van der Waals surface area contributed by atoms with Gasteiger partial charge in [-0.3, -0.25) is 4.79 Å². The van der Waals surface area contributed by atoms with Gasteiger partial charge in [-0.25, -0.2) is 4.79 Å². The Bertz CT molecular complexity index is 208. The topological polar surface area (TPSA) is 63.6 Å². The normalized spacial score (nSPS) is 12.8. The molecule has 0 aromatic carbocycles. The van der Waals surface area contributed by atoms with Crippen LogP contribution >= 0.6 is 0 Å². The maximum absolute atomic E-state index is 10.7. The number of hydrogen-bond acceptors (Lipinski definition) is 3. The molecule has 74 valence electrons. The number of esters is 1. The third-order valence-corrected chi connectivity index (χ3v) is 1.52. The number of carboxylic acids is 1. The minimum Gasteiger partial charge on any atom is -0.481 e. The summed E-state index contributed by atoms with van der Waals surface area (Å²) in [7, 11) is 0. The molecule has 0 fully saturated rings. The number of rotatable bonds is 5. The van der Waals surface area contributed by atoms with Crippen LogP contribution in [0.4, 0.5) is 0 Å². The standard InChI is InChI=1S/C9H14O4/c1-3-4-8(10)13-6-5-7(2)9(11)12/h3-4,7H,5-6H2,1-2H3,(H,11,12). The van der Waals surface area contributed by atoms with Crippen LogP contribution in [0.3, 0.4) is 0 Å². The van der Waals surface area contributed by atoms with E-state index < -0.39 is 17.9 Å². The van der Waals surface area contributed by atoms with Crippen molar-refractivity contribution < 1.29 is 19.4 Å². The highest BCUT2D eigenvalue weighted by Gasteiger charge is 2.10. The molecular weight excluding hydrogens is 172 g/mol. The Morgan fingerprint density at radius 1 is 1.54 bits per heavy atom. The summed E-state index contributed by atoms with van der Waals surface area (Å²) >= 11 is 0. The van der Waals surface area contributed by atoms with E-state index in [2.05, 4.69) is 0 Å². The average Bonchev–Trinajstić information content (AvgIpc) is 2.04. The van der Waals surface area contributed by atoms with Crippen LogP contribution < -0.4 is 0 Å². The largest absolute Gasteiger partial charge is 0.481 e. The molecular formula is C9H14O4. The molecule has 1 unspecified atom stereocenters. The van der Waals surface area contributed by atoms with E-state index in [1.165, 1.54) is 6.08 Å². The summed E-state index contributed by atoms with van der Waals surface area (Å²) in [4.78, 5) is 21.1. The molecule has 0 aromatic heterocycles. The van der Waals surface area contributed by atoms with E-state index in [9.17, 15) is 9.59 Å². The van der Waals surface area contributed by atoms with Crippen LogP contribution in [0.15, 0.2) is 12.2 Å². The first kappa shape index (κ1) is 11.7. The molecule has 4 nitrogen and oxygen atoms in total. The third-order valence-electron chi connectivity index (χ3n) is 1.52. The number of carbonyl (C=O) groups is 2. The van der Waals surface area contributed by atoms with Crippen LogP contribution in [-0.2, 0) is 14.3 Å². The first-order valence-corrected chi connectivity index (χ1v) is 4.10. The smallest absolute Gasteiger partial charge is 0.330 e. The molecule has 13 heavy (non-hydrogen) atoms. The van der Waals surface area contributed by atoms with E-state index in [0.717, 1.165) is 0 Å². The molecule has 4 heteroatoms. The number of allylic oxidation sites excluding steroid dienone is 1. The number of carbonyl (C=O) groups excluding carboxylic acids is 1. The van der Waals surface area contributed by atoms with Crippen molar-refractivity contribution in [2.45, 2.75) is 20.3 Å². The van der Waals surface area contributed by atoms with Gasteiger partial charge in [-0.05, 0) is 13.3 Å². The molecule has 0 saturated heterocycles. The van der Waals surface area contributed by atoms with Crippen LogP contribution in [0, 0.1) is 5.92 Å². The van der Waals surface area contributed by atoms with Crippen molar-refractivity contribution in [1.82, 2.24) is 0 Å². The summed E-state index contributed by atoms with van der Waals surface area (Å²) in [6, 6.07) is 0. The second-order valence-electron chi connectivity index (χ2n) is 2.70.